The van der Waals surface area contributed by atoms with Gasteiger partial charge in [0, 0.05) is 48.6 Å². The first-order valence-electron chi connectivity index (χ1n) is 7.57. The summed E-state index contributed by atoms with van der Waals surface area (Å²) in [5, 5.41) is 3.76. The van der Waals surface area contributed by atoms with Gasteiger partial charge in [0.2, 0.25) is 5.91 Å². The zero-order valence-corrected chi connectivity index (χ0v) is 13.9. The molecule has 4 nitrogen and oxygen atoms in total. The predicted molar refractivity (Wildman–Crippen MR) is 85.4 cm³/mol. The highest BCUT2D eigenvalue weighted by atomic mass is 79.9. The normalized spacial score (nSPS) is 22.6. The van der Waals surface area contributed by atoms with E-state index in [9.17, 15) is 4.79 Å². The van der Waals surface area contributed by atoms with Crippen molar-refractivity contribution in [1.82, 2.24) is 10.2 Å². The molecule has 0 spiro atoms. The first-order valence-corrected chi connectivity index (χ1v) is 8.36. The third kappa shape index (κ3) is 3.40. The predicted octanol–water partition coefficient (Wildman–Crippen LogP) is 2.87. The average molecular weight is 353 g/mol. The second-order valence-corrected chi connectivity index (χ2v) is 6.73. The Hall–Kier alpha value is -1.07. The molecule has 1 amide bonds. The minimum Gasteiger partial charge on any atom is -0.493 e. The number of hydrogen-bond donors (Lipinski definition) is 1. The van der Waals surface area contributed by atoms with E-state index in [0.717, 1.165) is 49.2 Å². The van der Waals surface area contributed by atoms with Crippen molar-refractivity contribution < 1.29 is 9.53 Å². The second kappa shape index (κ2) is 6.36. The van der Waals surface area contributed by atoms with Crippen LogP contribution in [0.25, 0.3) is 0 Å². The molecule has 1 unspecified atom stereocenters. The van der Waals surface area contributed by atoms with Crippen molar-refractivity contribution in [1.29, 1.82) is 0 Å². The van der Waals surface area contributed by atoms with Gasteiger partial charge in [0.15, 0.2) is 0 Å². The Bertz CT molecular complexity index is 527. The zero-order valence-electron chi connectivity index (χ0n) is 12.3. The second-order valence-electron chi connectivity index (χ2n) is 5.82. The number of carbonyl (C=O) groups is 1. The molecule has 2 heterocycles. The van der Waals surface area contributed by atoms with Crippen molar-refractivity contribution in [3.05, 3.63) is 28.2 Å². The number of piperidine rings is 1. The molecular weight excluding hydrogens is 332 g/mol. The largest absolute Gasteiger partial charge is 0.493 e. The van der Waals surface area contributed by atoms with Crippen LogP contribution in [0.1, 0.15) is 37.8 Å². The van der Waals surface area contributed by atoms with E-state index in [2.05, 4.69) is 27.3 Å². The standard InChI is InChI=1S/C16H21BrN2O2/c1-11(20)19-7-4-13(5-8-19)18-15-6-9-21-16-3-2-12(17)10-14(15)16/h2-3,10,13,15,18H,4-9H2,1H3. The number of hydrogen-bond acceptors (Lipinski definition) is 3. The van der Waals surface area contributed by atoms with Gasteiger partial charge < -0.3 is 15.0 Å². The Balaban J connectivity index is 1.65. The molecule has 1 aromatic carbocycles. The topological polar surface area (TPSA) is 41.6 Å². The van der Waals surface area contributed by atoms with E-state index < -0.39 is 0 Å². The number of carbonyl (C=O) groups excluding carboxylic acids is 1. The number of likely N-dealkylation sites (tertiary alicyclic amines) is 1. The number of halogens is 1. The van der Waals surface area contributed by atoms with E-state index in [0.29, 0.717) is 12.1 Å². The van der Waals surface area contributed by atoms with E-state index in [1.807, 2.05) is 17.0 Å². The molecule has 1 saturated heterocycles. The van der Waals surface area contributed by atoms with Gasteiger partial charge in [0.25, 0.3) is 0 Å². The van der Waals surface area contributed by atoms with Gasteiger partial charge in [0.1, 0.15) is 5.75 Å². The quantitative estimate of drug-likeness (QED) is 0.889. The first kappa shape index (κ1) is 14.9. The highest BCUT2D eigenvalue weighted by Gasteiger charge is 2.27. The number of nitrogens with one attached hydrogen (secondary N) is 1. The summed E-state index contributed by atoms with van der Waals surface area (Å²) in [5.74, 6) is 1.18. The number of fused-ring (bicyclic) bond motifs is 1. The van der Waals surface area contributed by atoms with Gasteiger partial charge in [-0.3, -0.25) is 4.79 Å². The van der Waals surface area contributed by atoms with Crippen LogP contribution in [0.5, 0.6) is 5.75 Å². The van der Waals surface area contributed by atoms with Crippen LogP contribution < -0.4 is 10.1 Å². The maximum atomic E-state index is 11.4. The summed E-state index contributed by atoms with van der Waals surface area (Å²) < 4.78 is 6.82. The van der Waals surface area contributed by atoms with Crippen LogP contribution in [-0.2, 0) is 4.79 Å². The van der Waals surface area contributed by atoms with Crippen LogP contribution in [0.4, 0.5) is 0 Å². The van der Waals surface area contributed by atoms with Crippen LogP contribution in [-0.4, -0.2) is 36.5 Å². The molecule has 1 aromatic rings. The molecule has 21 heavy (non-hydrogen) atoms. The number of ether oxygens (including phenoxy) is 1. The Morgan fingerprint density at radius 3 is 2.81 bits per heavy atom. The third-order valence-electron chi connectivity index (χ3n) is 4.39. The molecule has 0 saturated carbocycles. The lowest BCUT2D eigenvalue weighted by atomic mass is 9.97. The maximum absolute atomic E-state index is 11.4. The fourth-order valence-electron chi connectivity index (χ4n) is 3.18. The maximum Gasteiger partial charge on any atom is 0.219 e. The third-order valence-corrected chi connectivity index (χ3v) is 4.88. The van der Waals surface area contributed by atoms with E-state index >= 15 is 0 Å². The monoisotopic (exact) mass is 352 g/mol. The van der Waals surface area contributed by atoms with Crippen LogP contribution in [0.3, 0.4) is 0 Å². The lowest BCUT2D eigenvalue weighted by Crippen LogP contribution is -2.45. The summed E-state index contributed by atoms with van der Waals surface area (Å²) in [6, 6.07) is 7.03. The van der Waals surface area contributed by atoms with Crippen molar-refractivity contribution in [2.24, 2.45) is 0 Å². The SMILES string of the molecule is CC(=O)N1CCC(NC2CCOc3ccc(Br)cc32)CC1. The molecule has 0 radical (unpaired) electrons. The zero-order chi connectivity index (χ0) is 14.8. The Morgan fingerprint density at radius 2 is 2.10 bits per heavy atom. The van der Waals surface area contributed by atoms with Crippen LogP contribution >= 0.6 is 15.9 Å². The number of benzene rings is 1. The van der Waals surface area contributed by atoms with Crippen molar-refractivity contribution in [3.8, 4) is 5.75 Å². The fraction of sp³-hybridized carbons (Fsp3) is 0.562. The summed E-state index contributed by atoms with van der Waals surface area (Å²) in [6.45, 7) is 4.14. The Labute approximate surface area is 134 Å². The molecule has 1 N–H and O–H groups in total. The molecule has 1 fully saturated rings. The smallest absolute Gasteiger partial charge is 0.219 e. The van der Waals surface area contributed by atoms with Crippen LogP contribution in [0.2, 0.25) is 0 Å². The number of nitrogens with zero attached hydrogens (tertiary/aromatic N) is 1. The van der Waals surface area contributed by atoms with Gasteiger partial charge >= 0.3 is 0 Å². The van der Waals surface area contributed by atoms with Crippen molar-refractivity contribution in [2.45, 2.75) is 38.3 Å². The van der Waals surface area contributed by atoms with Crippen molar-refractivity contribution in [3.63, 3.8) is 0 Å². The van der Waals surface area contributed by atoms with Crippen LogP contribution in [0, 0.1) is 0 Å². The highest BCUT2D eigenvalue weighted by Crippen LogP contribution is 2.34. The minimum atomic E-state index is 0.189. The van der Waals surface area contributed by atoms with Gasteiger partial charge in [-0.2, -0.15) is 0 Å². The molecule has 0 bridgehead atoms. The minimum absolute atomic E-state index is 0.189. The molecule has 3 rings (SSSR count). The lowest BCUT2D eigenvalue weighted by Gasteiger charge is -2.36. The van der Waals surface area contributed by atoms with Gasteiger partial charge in [0.05, 0.1) is 6.61 Å². The van der Waals surface area contributed by atoms with E-state index in [4.69, 9.17) is 4.74 Å². The number of rotatable bonds is 2. The molecule has 0 aromatic heterocycles. The van der Waals surface area contributed by atoms with Gasteiger partial charge in [-0.1, -0.05) is 15.9 Å². The first-order chi connectivity index (χ1) is 10.1. The fourth-order valence-corrected chi connectivity index (χ4v) is 3.56. The van der Waals surface area contributed by atoms with Crippen molar-refractivity contribution in [2.75, 3.05) is 19.7 Å². The van der Waals surface area contributed by atoms with E-state index in [-0.39, 0.29) is 5.91 Å². The molecular formula is C16H21BrN2O2. The molecule has 114 valence electrons. The Morgan fingerprint density at radius 1 is 1.33 bits per heavy atom. The molecule has 2 aliphatic rings. The highest BCUT2D eigenvalue weighted by molar-refractivity contribution is 9.10. The summed E-state index contributed by atoms with van der Waals surface area (Å²) in [5.41, 5.74) is 1.24. The lowest BCUT2D eigenvalue weighted by molar-refractivity contribution is -0.129. The summed E-state index contributed by atoms with van der Waals surface area (Å²) in [6.07, 6.45) is 3.05. The van der Waals surface area contributed by atoms with E-state index in [1.54, 1.807) is 6.92 Å². The summed E-state index contributed by atoms with van der Waals surface area (Å²) in [4.78, 5) is 13.3. The van der Waals surface area contributed by atoms with Crippen molar-refractivity contribution >= 4 is 21.8 Å². The molecule has 0 aliphatic carbocycles. The molecule has 5 heteroatoms. The number of amides is 1. The average Bonchev–Trinajstić information content (AvgIpc) is 2.48. The van der Waals surface area contributed by atoms with E-state index in [1.165, 1.54) is 5.56 Å². The van der Waals surface area contributed by atoms with Gasteiger partial charge in [-0.05, 0) is 31.0 Å². The van der Waals surface area contributed by atoms with Gasteiger partial charge in [-0.15, -0.1) is 0 Å². The summed E-state index contributed by atoms with van der Waals surface area (Å²) in [7, 11) is 0. The van der Waals surface area contributed by atoms with Gasteiger partial charge in [-0.25, -0.2) is 0 Å². The summed E-state index contributed by atoms with van der Waals surface area (Å²) >= 11 is 3.54. The molecule has 2 aliphatic heterocycles. The van der Waals surface area contributed by atoms with Crippen LogP contribution in [0.15, 0.2) is 22.7 Å². The molecule has 1 atom stereocenters. The Kier molecular flexibility index (Phi) is 4.50.